The van der Waals surface area contributed by atoms with Crippen molar-refractivity contribution in [2.45, 2.75) is 0 Å². The van der Waals surface area contributed by atoms with Crippen LogP contribution in [0.5, 0.6) is 0 Å². The molecule has 0 aliphatic carbocycles. The summed E-state index contributed by atoms with van der Waals surface area (Å²) in [6, 6.07) is 0. The van der Waals surface area contributed by atoms with Gasteiger partial charge < -0.3 is 5.48 Å². The largest absolute Gasteiger partial charge is 3.00 e. The third-order valence-corrected chi connectivity index (χ3v) is 0. The maximum atomic E-state index is 0. The Morgan fingerprint density at radius 2 is 1.00 bits per heavy atom. The van der Waals surface area contributed by atoms with Crippen LogP contribution in [0, 0.1) is 36.9 Å². The molecular weight excluding hydrogens is 286 g/mol. The van der Waals surface area contributed by atoms with Crippen LogP contribution in [-0.2, 0) is 22.5 Å². The second-order valence-electron chi connectivity index (χ2n) is 0. The molecule has 0 rings (SSSR count). The summed E-state index contributed by atoms with van der Waals surface area (Å²) < 4.78 is 0. The molecule has 0 spiro atoms. The van der Waals surface area contributed by atoms with E-state index in [1.807, 2.05) is 0 Å². The molecule has 0 aliphatic heterocycles. The predicted octanol–water partition coefficient (Wildman–Crippen LogP) is -0.502. The molecule has 1 nitrogen and oxygen atoms in total. The van der Waals surface area contributed by atoms with E-state index in [1.54, 1.807) is 0 Å². The summed E-state index contributed by atoms with van der Waals surface area (Å²) in [5.74, 6) is 0. The number of hydrogen-bond donors (Lipinski definition) is 0. The maximum Gasteiger partial charge on any atom is 3.00 e. The molecule has 0 aromatic rings. The number of rotatable bonds is 0. The molecule has 0 fully saturated rings. The Kier molecular flexibility index (Phi) is 118. The summed E-state index contributed by atoms with van der Waals surface area (Å²) in [5.41, 5.74) is 0. The molecule has 0 aliphatic rings. The van der Waals surface area contributed by atoms with Gasteiger partial charge in [-0.2, -0.15) is 0 Å². The molecule has 0 saturated carbocycles. The monoisotopic (exact) mass is 286 g/mol. The minimum atomic E-state index is 0. The van der Waals surface area contributed by atoms with Gasteiger partial charge in [-0.05, 0) is 0 Å². The third-order valence-electron chi connectivity index (χ3n) is 0. The summed E-state index contributed by atoms with van der Waals surface area (Å²) in [4.78, 5) is 0. The summed E-state index contributed by atoms with van der Waals surface area (Å²) in [5, 5.41) is 0. The van der Waals surface area contributed by atoms with E-state index < -0.39 is 0 Å². The van der Waals surface area contributed by atoms with E-state index in [0.717, 1.165) is 0 Å². The fourth-order valence-corrected chi connectivity index (χ4v) is 0. The second-order valence-corrected chi connectivity index (χ2v) is 0. The average Bonchev–Trinajstić information content (AvgIpc) is 0. The molecule has 4 heteroatoms. The van der Waals surface area contributed by atoms with Gasteiger partial charge >= 0.3 is 91.7 Å². The van der Waals surface area contributed by atoms with Crippen molar-refractivity contribution in [1.82, 2.24) is 0 Å². The van der Waals surface area contributed by atoms with E-state index in [-0.39, 0.29) is 97.2 Å². The fraction of sp³-hybridized carbons (Fsp3) is 0. The van der Waals surface area contributed by atoms with E-state index in [2.05, 4.69) is 0 Å². The first-order valence-corrected chi connectivity index (χ1v) is 0. The molecule has 0 saturated heterocycles. The topological polar surface area (TPSA) is 28.5 Å². The maximum absolute atomic E-state index is 0. The molecule has 0 N–H and O–H groups in total. The van der Waals surface area contributed by atoms with Crippen LogP contribution in [0.3, 0.4) is 0 Å². The number of hydrogen-bond acceptors (Lipinski definition) is 0. The van der Waals surface area contributed by atoms with Crippen LogP contribution in [-0.4, -0.2) is 37.7 Å². The van der Waals surface area contributed by atoms with Gasteiger partial charge in [-0.25, -0.2) is 0 Å². The van der Waals surface area contributed by atoms with Gasteiger partial charge in [-0.1, -0.05) is 0 Å². The van der Waals surface area contributed by atoms with Crippen molar-refractivity contribution < 1.29 is 59.4 Å². The smallest absolute Gasteiger partial charge is 2.00 e. The summed E-state index contributed by atoms with van der Waals surface area (Å²) in [6.07, 6.45) is 0. The van der Waals surface area contributed by atoms with Crippen LogP contribution in [0.4, 0.5) is 0 Å². The molecule has 0 heterocycles. The Labute approximate surface area is 94.9 Å². The molecule has 1 radical (unpaired) electrons. The molecule has 0 atom stereocenters. The fourth-order valence-electron chi connectivity index (χ4n) is 0. The standard InChI is InChI=1S/Ca.Lu.Mn.O/q+2;+3;+2;-2. The normalized spacial score (nSPS) is 0. The van der Waals surface area contributed by atoms with Crippen LogP contribution in [0.25, 0.3) is 0 Å². The van der Waals surface area contributed by atoms with Gasteiger partial charge in [-0.15, -0.1) is 0 Å². The summed E-state index contributed by atoms with van der Waals surface area (Å²) in [6.45, 7) is 0. The van der Waals surface area contributed by atoms with Crippen molar-refractivity contribution >= 4 is 37.7 Å². The van der Waals surface area contributed by atoms with Crippen molar-refractivity contribution in [3.63, 3.8) is 0 Å². The van der Waals surface area contributed by atoms with Gasteiger partial charge in [0.05, 0.1) is 0 Å². The van der Waals surface area contributed by atoms with Gasteiger partial charge in [0.1, 0.15) is 0 Å². The second kappa shape index (κ2) is 16.7. The Morgan fingerprint density at radius 3 is 1.00 bits per heavy atom. The SMILES string of the molecule is [Ca+2].[Lu+3].[Mn+2].[O-2]. The van der Waals surface area contributed by atoms with Gasteiger partial charge in [0.2, 0.25) is 0 Å². The van der Waals surface area contributed by atoms with Crippen molar-refractivity contribution in [3.8, 4) is 0 Å². The van der Waals surface area contributed by atoms with Crippen molar-refractivity contribution in [2.24, 2.45) is 0 Å². The first-order valence-electron chi connectivity index (χ1n) is 0. The van der Waals surface area contributed by atoms with Gasteiger partial charge in [0.15, 0.2) is 0 Å². The van der Waals surface area contributed by atoms with E-state index >= 15 is 0 Å². The van der Waals surface area contributed by atoms with Crippen molar-refractivity contribution in [2.75, 3.05) is 0 Å². The average molecular weight is 286 g/mol. The van der Waals surface area contributed by atoms with Crippen LogP contribution >= 0.6 is 0 Å². The van der Waals surface area contributed by atoms with E-state index in [9.17, 15) is 0 Å². The Bertz CT molecular complexity index is 8.00. The van der Waals surface area contributed by atoms with Crippen molar-refractivity contribution in [3.05, 3.63) is 0 Å². The van der Waals surface area contributed by atoms with Crippen LogP contribution in [0.2, 0.25) is 0 Å². The Morgan fingerprint density at radius 1 is 1.00 bits per heavy atom. The van der Waals surface area contributed by atoms with Crippen molar-refractivity contribution in [1.29, 1.82) is 0 Å². The summed E-state index contributed by atoms with van der Waals surface area (Å²) in [7, 11) is 0. The van der Waals surface area contributed by atoms with Gasteiger partial charge in [0, 0.05) is 0 Å². The molecule has 25 valence electrons. The van der Waals surface area contributed by atoms with Crippen LogP contribution < -0.4 is 0 Å². The van der Waals surface area contributed by atoms with Gasteiger partial charge in [-0.3, -0.25) is 0 Å². The van der Waals surface area contributed by atoms with Crippen LogP contribution in [0.15, 0.2) is 0 Å². The molecule has 0 bridgehead atoms. The van der Waals surface area contributed by atoms with E-state index in [0.29, 0.717) is 0 Å². The molecule has 0 amide bonds. The zero-order valence-corrected chi connectivity index (χ0v) is 6.80. The predicted molar refractivity (Wildman–Crippen MR) is 6.44 cm³/mol. The molecule has 0 aromatic heterocycles. The molecule has 4 heavy (non-hydrogen) atoms. The summed E-state index contributed by atoms with van der Waals surface area (Å²) >= 11 is 0. The van der Waals surface area contributed by atoms with Crippen LogP contribution in [0.1, 0.15) is 0 Å². The molecule has 0 unspecified atom stereocenters. The van der Waals surface area contributed by atoms with E-state index in [1.165, 1.54) is 0 Å². The zero-order valence-electron chi connectivity index (χ0n) is 1.75. The minimum absolute atomic E-state index is 0. The zero-order chi connectivity index (χ0) is 0. The first-order chi connectivity index (χ1) is 0. The minimum Gasteiger partial charge on any atom is -2.00 e. The first kappa shape index (κ1) is 28.1. The third kappa shape index (κ3) is 8.88. The Balaban J connectivity index is 0. The molecule has 0 aromatic carbocycles. The Hall–Kier alpha value is 2.97. The van der Waals surface area contributed by atoms with Gasteiger partial charge in [0.25, 0.3) is 0 Å². The molecular formula is CaLuMnO+5. The quantitative estimate of drug-likeness (QED) is 0.537. The van der Waals surface area contributed by atoms with E-state index in [4.69, 9.17) is 0 Å².